The molecule has 0 radical (unpaired) electrons. The normalized spacial score (nSPS) is 10.9. The molecule has 1 N–H and O–H groups in total. The molecular formula is C22H20N4O. The van der Waals surface area contributed by atoms with Crippen LogP contribution in [0.3, 0.4) is 0 Å². The predicted molar refractivity (Wildman–Crippen MR) is 106 cm³/mol. The Morgan fingerprint density at radius 3 is 2.59 bits per heavy atom. The third kappa shape index (κ3) is 3.44. The smallest absolute Gasteiger partial charge is 0.251 e. The van der Waals surface area contributed by atoms with Crippen LogP contribution < -0.4 is 5.32 Å². The zero-order chi connectivity index (χ0) is 18.6. The van der Waals surface area contributed by atoms with Gasteiger partial charge < -0.3 is 9.88 Å². The van der Waals surface area contributed by atoms with Crippen LogP contribution in [0, 0.1) is 6.92 Å². The van der Waals surface area contributed by atoms with Gasteiger partial charge in [-0.25, -0.2) is 9.97 Å². The molecule has 0 bridgehead atoms. The number of imidazole rings is 1. The highest BCUT2D eigenvalue weighted by atomic mass is 16.1. The van der Waals surface area contributed by atoms with Crippen LogP contribution in [0.25, 0.3) is 22.6 Å². The minimum atomic E-state index is -0.0632. The Bertz CT molecular complexity index is 1090. The van der Waals surface area contributed by atoms with Gasteiger partial charge in [-0.2, -0.15) is 0 Å². The summed E-state index contributed by atoms with van der Waals surface area (Å²) in [5, 5.41) is 3.01. The van der Waals surface area contributed by atoms with Gasteiger partial charge in [0.05, 0.1) is 0 Å². The maximum atomic E-state index is 12.5. The van der Waals surface area contributed by atoms with Crippen molar-refractivity contribution >= 4 is 17.1 Å². The van der Waals surface area contributed by atoms with Crippen LogP contribution in [0.5, 0.6) is 0 Å². The Kier molecular flexibility index (Phi) is 4.66. The van der Waals surface area contributed by atoms with Crippen LogP contribution in [-0.4, -0.2) is 27.0 Å². The molecule has 5 nitrogen and oxygen atoms in total. The van der Waals surface area contributed by atoms with E-state index in [2.05, 4.69) is 14.9 Å². The van der Waals surface area contributed by atoms with Gasteiger partial charge in [-0.15, -0.1) is 0 Å². The van der Waals surface area contributed by atoms with Gasteiger partial charge in [0, 0.05) is 30.4 Å². The monoisotopic (exact) mass is 356 g/mol. The first kappa shape index (κ1) is 17.0. The van der Waals surface area contributed by atoms with Gasteiger partial charge in [-0.05, 0) is 30.7 Å². The lowest BCUT2D eigenvalue weighted by Gasteiger charge is -2.11. The average molecular weight is 356 g/mol. The highest BCUT2D eigenvalue weighted by Gasteiger charge is 2.14. The van der Waals surface area contributed by atoms with Crippen LogP contribution in [0.15, 0.2) is 72.9 Å². The van der Waals surface area contributed by atoms with Crippen molar-refractivity contribution in [2.24, 2.45) is 0 Å². The third-order valence-electron chi connectivity index (χ3n) is 4.55. The average Bonchev–Trinajstić information content (AvgIpc) is 3.08. The number of aryl methyl sites for hydroxylation is 1. The molecule has 0 aliphatic heterocycles. The van der Waals surface area contributed by atoms with Crippen molar-refractivity contribution < 1.29 is 4.79 Å². The number of hydrogen-bond donors (Lipinski definition) is 1. The van der Waals surface area contributed by atoms with Crippen molar-refractivity contribution in [2.75, 3.05) is 6.54 Å². The number of benzene rings is 2. The van der Waals surface area contributed by atoms with E-state index in [1.165, 1.54) is 0 Å². The molecule has 0 saturated heterocycles. The molecule has 4 aromatic rings. The van der Waals surface area contributed by atoms with E-state index >= 15 is 0 Å². The largest absolute Gasteiger partial charge is 0.350 e. The number of rotatable bonds is 5. The number of amides is 1. The van der Waals surface area contributed by atoms with E-state index in [1.54, 1.807) is 6.20 Å². The first-order chi connectivity index (χ1) is 13.2. The summed E-state index contributed by atoms with van der Waals surface area (Å²) in [6.45, 7) is 3.03. The van der Waals surface area contributed by atoms with E-state index in [1.807, 2.05) is 73.7 Å². The standard InChI is InChI=1S/C22H20N4O/c1-16-8-5-6-11-18(16)22(27)24-14-15-26-20(17-9-3-2-4-10-17)25-19-12-7-13-23-21(19)26/h2-13H,14-15H2,1H3,(H,24,27). The minimum absolute atomic E-state index is 0.0632. The van der Waals surface area contributed by atoms with E-state index in [4.69, 9.17) is 4.98 Å². The molecule has 1 amide bonds. The summed E-state index contributed by atoms with van der Waals surface area (Å²) in [5.74, 6) is 0.793. The molecule has 0 saturated carbocycles. The molecule has 0 atom stereocenters. The van der Waals surface area contributed by atoms with Crippen LogP contribution in [0.1, 0.15) is 15.9 Å². The minimum Gasteiger partial charge on any atom is -0.350 e. The first-order valence-corrected chi connectivity index (χ1v) is 8.94. The molecule has 27 heavy (non-hydrogen) atoms. The van der Waals surface area contributed by atoms with Crippen molar-refractivity contribution in [2.45, 2.75) is 13.5 Å². The number of aromatic nitrogens is 3. The summed E-state index contributed by atoms with van der Waals surface area (Å²) < 4.78 is 2.06. The number of carbonyl (C=O) groups is 1. The molecule has 0 unspecified atom stereocenters. The first-order valence-electron chi connectivity index (χ1n) is 8.94. The Hall–Kier alpha value is -3.47. The van der Waals surface area contributed by atoms with Gasteiger partial charge in [0.1, 0.15) is 11.3 Å². The molecule has 2 heterocycles. The lowest BCUT2D eigenvalue weighted by molar-refractivity contribution is 0.0952. The lowest BCUT2D eigenvalue weighted by atomic mass is 10.1. The lowest BCUT2D eigenvalue weighted by Crippen LogP contribution is -2.28. The van der Waals surface area contributed by atoms with Crippen LogP contribution in [0.2, 0.25) is 0 Å². The Morgan fingerprint density at radius 2 is 1.78 bits per heavy atom. The molecule has 2 aromatic heterocycles. The predicted octanol–water partition coefficient (Wildman–Crippen LogP) is 3.84. The number of carbonyl (C=O) groups excluding carboxylic acids is 1. The summed E-state index contributed by atoms with van der Waals surface area (Å²) in [6, 6.07) is 21.5. The molecule has 4 rings (SSSR count). The zero-order valence-corrected chi connectivity index (χ0v) is 15.1. The van der Waals surface area contributed by atoms with E-state index < -0.39 is 0 Å². The molecule has 0 aliphatic carbocycles. The number of pyridine rings is 1. The maximum Gasteiger partial charge on any atom is 0.251 e. The van der Waals surface area contributed by atoms with Crippen LogP contribution in [-0.2, 0) is 6.54 Å². The number of nitrogens with zero attached hydrogens (tertiary/aromatic N) is 3. The van der Waals surface area contributed by atoms with Gasteiger partial charge in [-0.1, -0.05) is 48.5 Å². The van der Waals surface area contributed by atoms with E-state index in [9.17, 15) is 4.79 Å². The molecule has 5 heteroatoms. The van der Waals surface area contributed by atoms with Crippen molar-refractivity contribution in [3.8, 4) is 11.4 Å². The highest BCUT2D eigenvalue weighted by Crippen LogP contribution is 2.23. The van der Waals surface area contributed by atoms with Crippen molar-refractivity contribution in [1.29, 1.82) is 0 Å². The second-order valence-electron chi connectivity index (χ2n) is 6.37. The van der Waals surface area contributed by atoms with Crippen molar-refractivity contribution in [3.05, 3.63) is 84.1 Å². The van der Waals surface area contributed by atoms with Crippen LogP contribution >= 0.6 is 0 Å². The van der Waals surface area contributed by atoms with Gasteiger partial charge in [0.2, 0.25) is 0 Å². The molecule has 134 valence electrons. The molecule has 2 aromatic carbocycles. The fourth-order valence-electron chi connectivity index (χ4n) is 3.18. The van der Waals surface area contributed by atoms with E-state index in [-0.39, 0.29) is 5.91 Å². The molecular weight excluding hydrogens is 336 g/mol. The third-order valence-corrected chi connectivity index (χ3v) is 4.55. The summed E-state index contributed by atoms with van der Waals surface area (Å²) >= 11 is 0. The summed E-state index contributed by atoms with van der Waals surface area (Å²) in [6.07, 6.45) is 1.77. The maximum absolute atomic E-state index is 12.5. The van der Waals surface area contributed by atoms with Gasteiger partial charge in [-0.3, -0.25) is 4.79 Å². The highest BCUT2D eigenvalue weighted by molar-refractivity contribution is 5.95. The van der Waals surface area contributed by atoms with E-state index in [0.29, 0.717) is 18.7 Å². The summed E-state index contributed by atoms with van der Waals surface area (Å²) in [4.78, 5) is 21.7. The molecule has 0 fully saturated rings. The molecule has 0 aliphatic rings. The second-order valence-corrected chi connectivity index (χ2v) is 6.37. The Labute approximate surface area is 157 Å². The topological polar surface area (TPSA) is 59.8 Å². The summed E-state index contributed by atoms with van der Waals surface area (Å²) in [7, 11) is 0. The van der Waals surface area contributed by atoms with Gasteiger partial charge in [0.25, 0.3) is 5.91 Å². The SMILES string of the molecule is Cc1ccccc1C(=O)NCCn1c(-c2ccccc2)nc2cccnc21. The molecule has 0 spiro atoms. The fraction of sp³-hybridized carbons (Fsp3) is 0.136. The number of hydrogen-bond acceptors (Lipinski definition) is 3. The van der Waals surface area contributed by atoms with E-state index in [0.717, 1.165) is 28.1 Å². The zero-order valence-electron chi connectivity index (χ0n) is 15.1. The quantitative estimate of drug-likeness (QED) is 0.591. The number of nitrogens with one attached hydrogen (secondary N) is 1. The fourth-order valence-corrected chi connectivity index (χ4v) is 3.18. The summed E-state index contributed by atoms with van der Waals surface area (Å²) in [5.41, 5.74) is 4.37. The second kappa shape index (κ2) is 7.41. The van der Waals surface area contributed by atoms with Gasteiger partial charge >= 0.3 is 0 Å². The van der Waals surface area contributed by atoms with Gasteiger partial charge in [0.15, 0.2) is 5.65 Å². The Balaban J connectivity index is 1.58. The van der Waals surface area contributed by atoms with Crippen molar-refractivity contribution in [1.82, 2.24) is 19.9 Å². The van der Waals surface area contributed by atoms with Crippen molar-refractivity contribution in [3.63, 3.8) is 0 Å². The van der Waals surface area contributed by atoms with Crippen LogP contribution in [0.4, 0.5) is 0 Å². The Morgan fingerprint density at radius 1 is 1.00 bits per heavy atom. The number of fused-ring (bicyclic) bond motifs is 1.